The third-order valence-electron chi connectivity index (χ3n) is 2.85. The predicted molar refractivity (Wildman–Crippen MR) is 86.4 cm³/mol. The highest BCUT2D eigenvalue weighted by Crippen LogP contribution is 2.20. The minimum Gasteiger partial charge on any atom is -0.462 e. The second-order valence-electron chi connectivity index (χ2n) is 4.47. The molecule has 0 radical (unpaired) electrons. The van der Waals surface area contributed by atoms with Gasteiger partial charge in [0.2, 0.25) is 0 Å². The Balaban J connectivity index is 2.11. The van der Waals surface area contributed by atoms with Gasteiger partial charge < -0.3 is 15.4 Å². The average molecular weight is 337 g/mol. The molecule has 0 aliphatic carbocycles. The van der Waals surface area contributed by atoms with Crippen molar-refractivity contribution in [1.82, 2.24) is 0 Å². The zero-order valence-electron chi connectivity index (χ0n) is 12.2. The van der Waals surface area contributed by atoms with Crippen LogP contribution in [0.5, 0.6) is 0 Å². The van der Waals surface area contributed by atoms with Crippen LogP contribution in [-0.4, -0.2) is 18.6 Å². The molecular weight excluding hydrogens is 323 g/mol. The molecule has 0 saturated heterocycles. The van der Waals surface area contributed by atoms with E-state index in [0.717, 1.165) is 6.07 Å². The Hall–Kier alpha value is -2.60. The number of urea groups is 1. The van der Waals surface area contributed by atoms with Crippen molar-refractivity contribution in [3.63, 3.8) is 0 Å². The van der Waals surface area contributed by atoms with Crippen LogP contribution in [0.4, 0.5) is 20.6 Å². The van der Waals surface area contributed by atoms with E-state index in [1.807, 2.05) is 0 Å². The highest BCUT2D eigenvalue weighted by Gasteiger charge is 2.14. The number of nitrogens with one attached hydrogen (secondary N) is 2. The number of esters is 1. The van der Waals surface area contributed by atoms with Gasteiger partial charge in [0.25, 0.3) is 0 Å². The Kier molecular flexibility index (Phi) is 5.54. The van der Waals surface area contributed by atoms with E-state index in [0.29, 0.717) is 11.4 Å². The number of amides is 2. The summed E-state index contributed by atoms with van der Waals surface area (Å²) in [6.07, 6.45) is 0. The number of carbonyl (C=O) groups excluding carboxylic acids is 2. The number of hydrogen-bond acceptors (Lipinski definition) is 3. The minimum absolute atomic E-state index is 0.102. The van der Waals surface area contributed by atoms with Crippen molar-refractivity contribution >= 4 is 35.0 Å². The molecule has 2 aromatic carbocycles. The molecule has 2 rings (SSSR count). The summed E-state index contributed by atoms with van der Waals surface area (Å²) in [7, 11) is 0. The largest absolute Gasteiger partial charge is 0.462 e. The van der Waals surface area contributed by atoms with E-state index >= 15 is 0 Å². The lowest BCUT2D eigenvalue weighted by Crippen LogP contribution is -2.21. The van der Waals surface area contributed by atoms with Crippen molar-refractivity contribution in [1.29, 1.82) is 0 Å². The molecule has 0 aliphatic heterocycles. The van der Waals surface area contributed by atoms with E-state index in [2.05, 4.69) is 10.6 Å². The van der Waals surface area contributed by atoms with Crippen LogP contribution in [0.3, 0.4) is 0 Å². The van der Waals surface area contributed by atoms with Gasteiger partial charge in [-0.1, -0.05) is 23.7 Å². The first kappa shape index (κ1) is 16.8. The summed E-state index contributed by atoms with van der Waals surface area (Å²) in [4.78, 5) is 23.8. The normalized spacial score (nSPS) is 10.0. The number of hydrogen-bond donors (Lipinski definition) is 2. The van der Waals surface area contributed by atoms with Gasteiger partial charge in [-0.05, 0) is 37.3 Å². The van der Waals surface area contributed by atoms with Crippen molar-refractivity contribution in [2.75, 3.05) is 17.2 Å². The maximum absolute atomic E-state index is 13.1. The molecule has 2 N–H and O–H groups in total. The summed E-state index contributed by atoms with van der Waals surface area (Å²) in [6, 6.07) is 9.66. The van der Waals surface area contributed by atoms with E-state index in [9.17, 15) is 14.0 Å². The molecule has 0 spiro atoms. The molecule has 7 heteroatoms. The molecule has 0 unspecified atom stereocenters. The Morgan fingerprint density at radius 1 is 1.17 bits per heavy atom. The van der Waals surface area contributed by atoms with Crippen LogP contribution in [0.15, 0.2) is 42.5 Å². The van der Waals surface area contributed by atoms with Gasteiger partial charge in [0.15, 0.2) is 0 Å². The fourth-order valence-corrected chi connectivity index (χ4v) is 2.02. The molecule has 0 heterocycles. The fourth-order valence-electron chi connectivity index (χ4n) is 1.84. The zero-order chi connectivity index (χ0) is 16.8. The number of anilines is 2. The molecule has 0 bridgehead atoms. The molecule has 0 fully saturated rings. The van der Waals surface area contributed by atoms with Gasteiger partial charge in [0.05, 0.1) is 22.9 Å². The number of para-hydroxylation sites is 1. The van der Waals surface area contributed by atoms with Crippen LogP contribution >= 0.6 is 11.6 Å². The van der Waals surface area contributed by atoms with E-state index in [-0.39, 0.29) is 17.2 Å². The molecule has 23 heavy (non-hydrogen) atoms. The topological polar surface area (TPSA) is 67.4 Å². The molecule has 5 nitrogen and oxygen atoms in total. The minimum atomic E-state index is -0.593. The van der Waals surface area contributed by atoms with Crippen molar-refractivity contribution < 1.29 is 18.7 Å². The van der Waals surface area contributed by atoms with Gasteiger partial charge in [0, 0.05) is 5.69 Å². The average Bonchev–Trinajstić information content (AvgIpc) is 2.51. The number of rotatable bonds is 4. The van der Waals surface area contributed by atoms with Crippen molar-refractivity contribution in [3.8, 4) is 0 Å². The van der Waals surface area contributed by atoms with Crippen LogP contribution in [-0.2, 0) is 4.74 Å². The first-order chi connectivity index (χ1) is 11.0. The Morgan fingerprint density at radius 3 is 2.61 bits per heavy atom. The lowest BCUT2D eigenvalue weighted by Gasteiger charge is -2.11. The van der Waals surface area contributed by atoms with E-state index in [1.54, 1.807) is 31.2 Å². The number of ether oxygens (including phenoxy) is 1. The first-order valence-electron chi connectivity index (χ1n) is 6.80. The van der Waals surface area contributed by atoms with Crippen molar-refractivity contribution in [2.24, 2.45) is 0 Å². The summed E-state index contributed by atoms with van der Waals surface area (Å²) in [5, 5.41) is 4.95. The molecule has 2 aromatic rings. The van der Waals surface area contributed by atoms with Crippen LogP contribution in [0, 0.1) is 5.82 Å². The molecular formula is C16H14ClFN2O3. The zero-order valence-corrected chi connectivity index (χ0v) is 13.0. The summed E-state index contributed by atoms with van der Waals surface area (Å²) >= 11 is 5.65. The Labute approximate surface area is 137 Å². The number of halogens is 2. The summed E-state index contributed by atoms with van der Waals surface area (Å²) in [5.74, 6) is -1.11. The lowest BCUT2D eigenvalue weighted by atomic mass is 10.2. The maximum Gasteiger partial charge on any atom is 0.340 e. The molecule has 0 atom stereocenters. The summed E-state index contributed by atoms with van der Waals surface area (Å²) < 4.78 is 18.0. The standard InChI is InChI=1S/C16H14ClFN2O3/c1-2-23-15(21)11-5-3-4-6-14(11)20-16(22)19-10-7-8-13(18)12(17)9-10/h3-9H,2H2,1H3,(H2,19,20,22). The Bertz CT molecular complexity index is 737. The molecule has 0 aromatic heterocycles. The van der Waals surface area contributed by atoms with Gasteiger partial charge >= 0.3 is 12.0 Å². The maximum atomic E-state index is 13.1. The number of carbonyl (C=O) groups is 2. The second-order valence-corrected chi connectivity index (χ2v) is 4.88. The number of benzene rings is 2. The van der Waals surface area contributed by atoms with Gasteiger partial charge in [0.1, 0.15) is 5.82 Å². The highest BCUT2D eigenvalue weighted by atomic mass is 35.5. The molecule has 2 amide bonds. The van der Waals surface area contributed by atoms with Gasteiger partial charge in [-0.2, -0.15) is 0 Å². The van der Waals surface area contributed by atoms with Crippen LogP contribution in [0.2, 0.25) is 5.02 Å². The molecule has 0 aliphatic rings. The van der Waals surface area contributed by atoms with E-state index < -0.39 is 17.8 Å². The molecule has 0 saturated carbocycles. The SMILES string of the molecule is CCOC(=O)c1ccccc1NC(=O)Nc1ccc(F)c(Cl)c1. The lowest BCUT2D eigenvalue weighted by molar-refractivity contribution is 0.0527. The first-order valence-corrected chi connectivity index (χ1v) is 7.18. The van der Waals surface area contributed by atoms with E-state index in [1.165, 1.54) is 12.1 Å². The summed E-state index contributed by atoms with van der Waals surface area (Å²) in [5.41, 5.74) is 0.862. The highest BCUT2D eigenvalue weighted by molar-refractivity contribution is 6.31. The van der Waals surface area contributed by atoms with Crippen molar-refractivity contribution in [3.05, 3.63) is 58.9 Å². The Morgan fingerprint density at radius 2 is 1.91 bits per heavy atom. The third kappa shape index (κ3) is 4.43. The van der Waals surface area contributed by atoms with Crippen LogP contribution in [0.25, 0.3) is 0 Å². The third-order valence-corrected chi connectivity index (χ3v) is 3.14. The smallest absolute Gasteiger partial charge is 0.340 e. The van der Waals surface area contributed by atoms with Crippen molar-refractivity contribution in [2.45, 2.75) is 6.92 Å². The molecule has 120 valence electrons. The van der Waals surface area contributed by atoms with Crippen LogP contribution in [0.1, 0.15) is 17.3 Å². The van der Waals surface area contributed by atoms with Gasteiger partial charge in [-0.15, -0.1) is 0 Å². The fraction of sp³-hybridized carbons (Fsp3) is 0.125. The van der Waals surface area contributed by atoms with Crippen LogP contribution < -0.4 is 10.6 Å². The quantitative estimate of drug-likeness (QED) is 0.818. The monoisotopic (exact) mass is 336 g/mol. The predicted octanol–water partition coefficient (Wildman–Crippen LogP) is 4.30. The second kappa shape index (κ2) is 7.60. The summed E-state index contributed by atoms with van der Waals surface area (Å²) in [6.45, 7) is 1.92. The van der Waals surface area contributed by atoms with E-state index in [4.69, 9.17) is 16.3 Å². The van der Waals surface area contributed by atoms with Gasteiger partial charge in [-0.3, -0.25) is 0 Å². The van der Waals surface area contributed by atoms with Gasteiger partial charge in [-0.25, -0.2) is 14.0 Å².